The number of anilines is 1. The number of benzene rings is 2. The van der Waals surface area contributed by atoms with Crippen molar-refractivity contribution >= 4 is 45.2 Å². The summed E-state index contributed by atoms with van der Waals surface area (Å²) in [5.41, 5.74) is 2.93. The molecule has 0 aliphatic carbocycles. The van der Waals surface area contributed by atoms with Gasteiger partial charge in [0.2, 0.25) is 11.0 Å². The van der Waals surface area contributed by atoms with Gasteiger partial charge in [-0.25, -0.2) is 4.98 Å². The molecule has 0 aliphatic heterocycles. The molecule has 6 nitrogen and oxygen atoms in total. The van der Waals surface area contributed by atoms with Crippen LogP contribution in [0.1, 0.15) is 5.01 Å². The topological polar surface area (TPSA) is 72.7 Å². The molecule has 1 amide bonds. The van der Waals surface area contributed by atoms with Gasteiger partial charge in [0.1, 0.15) is 5.01 Å². The van der Waals surface area contributed by atoms with Gasteiger partial charge in [-0.2, -0.15) is 0 Å². The molecule has 0 saturated carbocycles. The van der Waals surface area contributed by atoms with Gasteiger partial charge in [-0.15, -0.1) is 10.2 Å². The first-order valence-electron chi connectivity index (χ1n) is 7.96. The van der Waals surface area contributed by atoms with E-state index < -0.39 is 0 Å². The molecule has 0 saturated heterocycles. The maximum atomic E-state index is 12.2. The van der Waals surface area contributed by atoms with E-state index in [-0.39, 0.29) is 11.7 Å². The standard InChI is InChI=1S/C18H15N5OS2/c1-12-21-22-17(26-12)20-16(24)11-25-18-19-14-9-5-6-10-15(14)23(18)13-7-3-2-4-8-13/h2-10H,11H2,1H3,(H,20,22,24). The number of fused-ring (bicyclic) bond motifs is 1. The number of amides is 1. The van der Waals surface area contributed by atoms with Crippen LogP contribution in [0, 0.1) is 6.92 Å². The predicted octanol–water partition coefficient (Wildman–Crippen LogP) is 3.92. The van der Waals surface area contributed by atoms with Crippen LogP contribution in [0.15, 0.2) is 59.8 Å². The number of carbonyl (C=O) groups excluding carboxylic acids is 1. The van der Waals surface area contributed by atoms with Crippen molar-refractivity contribution in [2.45, 2.75) is 12.1 Å². The second kappa shape index (κ2) is 7.27. The van der Waals surface area contributed by atoms with E-state index in [0.717, 1.165) is 26.9 Å². The molecule has 0 spiro atoms. The van der Waals surface area contributed by atoms with Crippen LogP contribution >= 0.6 is 23.1 Å². The van der Waals surface area contributed by atoms with Gasteiger partial charge in [0.15, 0.2) is 5.16 Å². The lowest BCUT2D eigenvalue weighted by Crippen LogP contribution is -2.14. The van der Waals surface area contributed by atoms with Gasteiger partial charge < -0.3 is 0 Å². The van der Waals surface area contributed by atoms with Crippen LogP contribution in [0.4, 0.5) is 5.13 Å². The third kappa shape index (κ3) is 3.47. The number of para-hydroxylation sites is 3. The largest absolute Gasteiger partial charge is 0.300 e. The number of thioether (sulfide) groups is 1. The molecule has 26 heavy (non-hydrogen) atoms. The van der Waals surface area contributed by atoms with Crippen LogP contribution in [-0.4, -0.2) is 31.4 Å². The fourth-order valence-corrected chi connectivity index (χ4v) is 4.00. The van der Waals surface area contributed by atoms with Crippen LogP contribution in [-0.2, 0) is 4.79 Å². The number of nitrogens with zero attached hydrogens (tertiary/aromatic N) is 4. The van der Waals surface area contributed by atoms with Gasteiger partial charge in [-0.1, -0.05) is 53.4 Å². The monoisotopic (exact) mass is 381 g/mol. The Balaban J connectivity index is 1.59. The number of aryl methyl sites for hydroxylation is 1. The van der Waals surface area contributed by atoms with E-state index in [2.05, 4.69) is 20.1 Å². The molecular formula is C18H15N5OS2. The van der Waals surface area contributed by atoms with Gasteiger partial charge in [0.05, 0.1) is 16.8 Å². The zero-order chi connectivity index (χ0) is 17.9. The Morgan fingerprint density at radius 3 is 2.65 bits per heavy atom. The van der Waals surface area contributed by atoms with Gasteiger partial charge in [-0.05, 0) is 31.2 Å². The summed E-state index contributed by atoms with van der Waals surface area (Å²) in [6.45, 7) is 1.85. The predicted molar refractivity (Wildman–Crippen MR) is 105 cm³/mol. The summed E-state index contributed by atoms with van der Waals surface area (Å²) >= 11 is 2.76. The lowest BCUT2D eigenvalue weighted by atomic mass is 10.3. The molecule has 2 aromatic heterocycles. The van der Waals surface area contributed by atoms with Crippen molar-refractivity contribution in [1.82, 2.24) is 19.7 Å². The Kier molecular flexibility index (Phi) is 4.68. The van der Waals surface area contributed by atoms with Crippen LogP contribution in [0.25, 0.3) is 16.7 Å². The molecule has 8 heteroatoms. The van der Waals surface area contributed by atoms with Crippen LogP contribution < -0.4 is 5.32 Å². The average Bonchev–Trinajstić information content (AvgIpc) is 3.23. The van der Waals surface area contributed by atoms with Crippen molar-refractivity contribution in [1.29, 1.82) is 0 Å². The van der Waals surface area contributed by atoms with Crippen molar-refractivity contribution in [3.05, 3.63) is 59.6 Å². The Bertz CT molecular complexity index is 1060. The van der Waals surface area contributed by atoms with Gasteiger partial charge in [-0.3, -0.25) is 14.7 Å². The Morgan fingerprint density at radius 1 is 1.12 bits per heavy atom. The molecule has 0 fully saturated rings. The zero-order valence-corrected chi connectivity index (χ0v) is 15.5. The number of nitrogens with one attached hydrogen (secondary N) is 1. The SMILES string of the molecule is Cc1nnc(NC(=O)CSc2nc3ccccc3n2-c2ccccc2)s1. The Morgan fingerprint density at radius 2 is 1.88 bits per heavy atom. The second-order valence-corrected chi connectivity index (χ2v) is 7.64. The summed E-state index contributed by atoms with van der Waals surface area (Å²) in [6.07, 6.45) is 0. The molecule has 2 heterocycles. The maximum Gasteiger partial charge on any atom is 0.236 e. The number of rotatable bonds is 5. The van der Waals surface area contributed by atoms with E-state index in [9.17, 15) is 4.79 Å². The van der Waals surface area contributed by atoms with Crippen LogP contribution in [0.2, 0.25) is 0 Å². The molecule has 0 aliphatic rings. The molecule has 4 aromatic rings. The molecular weight excluding hydrogens is 366 g/mol. The molecule has 2 aromatic carbocycles. The first-order chi connectivity index (χ1) is 12.7. The quantitative estimate of drug-likeness (QED) is 0.531. The van der Waals surface area contributed by atoms with Crippen LogP contribution in [0.3, 0.4) is 0 Å². The third-order valence-corrected chi connectivity index (χ3v) is 5.34. The highest BCUT2D eigenvalue weighted by Crippen LogP contribution is 2.28. The number of hydrogen-bond donors (Lipinski definition) is 1. The molecule has 4 rings (SSSR count). The number of aromatic nitrogens is 4. The van der Waals surface area contributed by atoms with E-state index in [0.29, 0.717) is 5.13 Å². The fraction of sp³-hybridized carbons (Fsp3) is 0.111. The second-order valence-electron chi connectivity index (χ2n) is 5.52. The molecule has 1 N–H and O–H groups in total. The van der Waals surface area contributed by atoms with E-state index in [4.69, 9.17) is 4.98 Å². The molecule has 0 atom stereocenters. The Hall–Kier alpha value is -2.71. The lowest BCUT2D eigenvalue weighted by molar-refractivity contribution is -0.113. The minimum absolute atomic E-state index is 0.127. The summed E-state index contributed by atoms with van der Waals surface area (Å²) in [5, 5.41) is 12.7. The summed E-state index contributed by atoms with van der Waals surface area (Å²) in [7, 11) is 0. The van der Waals surface area contributed by atoms with E-state index >= 15 is 0 Å². The van der Waals surface area contributed by atoms with Crippen molar-refractivity contribution < 1.29 is 4.79 Å². The van der Waals surface area contributed by atoms with Crippen molar-refractivity contribution in [3.63, 3.8) is 0 Å². The molecule has 0 radical (unpaired) electrons. The first kappa shape index (κ1) is 16.7. The normalized spacial score (nSPS) is 11.0. The summed E-state index contributed by atoms with van der Waals surface area (Å²) in [6, 6.07) is 18.0. The third-order valence-electron chi connectivity index (χ3n) is 3.65. The van der Waals surface area contributed by atoms with Gasteiger partial charge in [0.25, 0.3) is 0 Å². The van der Waals surface area contributed by atoms with E-state index in [1.807, 2.05) is 61.5 Å². The van der Waals surface area contributed by atoms with Gasteiger partial charge in [0, 0.05) is 5.69 Å². The van der Waals surface area contributed by atoms with Crippen molar-refractivity contribution in [2.24, 2.45) is 0 Å². The van der Waals surface area contributed by atoms with Gasteiger partial charge >= 0.3 is 0 Å². The molecule has 0 unspecified atom stereocenters. The smallest absolute Gasteiger partial charge is 0.236 e. The number of imidazole rings is 1. The van der Waals surface area contributed by atoms with E-state index in [1.54, 1.807) is 0 Å². The average molecular weight is 381 g/mol. The maximum absolute atomic E-state index is 12.2. The summed E-state index contributed by atoms with van der Waals surface area (Å²) < 4.78 is 2.07. The fourth-order valence-electron chi connectivity index (χ4n) is 2.56. The first-order valence-corrected chi connectivity index (χ1v) is 9.76. The zero-order valence-electron chi connectivity index (χ0n) is 13.9. The van der Waals surface area contributed by atoms with Crippen molar-refractivity contribution in [2.75, 3.05) is 11.1 Å². The number of hydrogen-bond acceptors (Lipinski definition) is 6. The Labute approximate surface area is 158 Å². The summed E-state index contributed by atoms with van der Waals surface area (Å²) in [4.78, 5) is 16.9. The number of carbonyl (C=O) groups is 1. The van der Waals surface area contributed by atoms with E-state index in [1.165, 1.54) is 23.1 Å². The highest BCUT2D eigenvalue weighted by molar-refractivity contribution is 7.99. The minimum atomic E-state index is -0.127. The summed E-state index contributed by atoms with van der Waals surface area (Å²) in [5.74, 6) is 0.118. The molecule has 130 valence electrons. The highest BCUT2D eigenvalue weighted by atomic mass is 32.2. The lowest BCUT2D eigenvalue weighted by Gasteiger charge is -2.08. The van der Waals surface area contributed by atoms with Crippen molar-refractivity contribution in [3.8, 4) is 5.69 Å². The highest BCUT2D eigenvalue weighted by Gasteiger charge is 2.15. The minimum Gasteiger partial charge on any atom is -0.300 e. The van der Waals surface area contributed by atoms with Crippen LogP contribution in [0.5, 0.6) is 0 Å². The molecule has 0 bridgehead atoms.